The van der Waals surface area contributed by atoms with Crippen LogP contribution in [-0.2, 0) is 4.74 Å². The highest BCUT2D eigenvalue weighted by Crippen LogP contribution is 2.18. The Morgan fingerprint density at radius 3 is 2.73 bits per heavy atom. The Morgan fingerprint density at radius 2 is 2.09 bits per heavy atom. The van der Waals surface area contributed by atoms with E-state index in [0.717, 1.165) is 30.4 Å². The molecule has 22 heavy (non-hydrogen) atoms. The van der Waals surface area contributed by atoms with Crippen LogP contribution < -0.4 is 16.4 Å². The number of anilines is 1. The van der Waals surface area contributed by atoms with E-state index in [9.17, 15) is 0 Å². The van der Waals surface area contributed by atoms with Crippen molar-refractivity contribution in [2.45, 2.75) is 12.6 Å². The van der Waals surface area contributed by atoms with Crippen molar-refractivity contribution in [3.05, 3.63) is 41.2 Å². The summed E-state index contributed by atoms with van der Waals surface area (Å²) in [5.41, 5.74) is 6.46. The first kappa shape index (κ1) is 16.6. The first-order chi connectivity index (χ1) is 10.7. The average molecular weight is 324 g/mol. The van der Waals surface area contributed by atoms with Gasteiger partial charge in [-0.1, -0.05) is 11.6 Å². The Morgan fingerprint density at radius 1 is 1.36 bits per heavy atom. The largest absolute Gasteiger partial charge is 0.496 e. The number of ether oxygens (including phenoxy) is 1. The predicted molar refractivity (Wildman–Crippen MR) is 90.8 cm³/mol. The molecule has 0 saturated carbocycles. The molecule has 0 aromatic heterocycles. The predicted octanol–water partition coefficient (Wildman–Crippen LogP) is 1.81. The minimum atomic E-state index is -0.0798. The van der Waals surface area contributed by atoms with Crippen LogP contribution in [0.1, 0.15) is 6.42 Å². The van der Waals surface area contributed by atoms with Crippen molar-refractivity contribution in [3.63, 3.8) is 0 Å². The summed E-state index contributed by atoms with van der Waals surface area (Å²) in [5.74, 6) is 1.49. The van der Waals surface area contributed by atoms with Gasteiger partial charge in [0, 0.05) is 17.8 Å². The number of hydrogen-bond acceptors (Lipinski definition) is 6. The number of hydrogen-bond donors (Lipinski definition) is 3. The van der Waals surface area contributed by atoms with Crippen LogP contribution in [-0.4, -0.2) is 44.3 Å². The van der Waals surface area contributed by atoms with Gasteiger partial charge in [-0.05, 0) is 43.8 Å². The molecule has 0 fully saturated rings. The molecule has 1 aromatic carbocycles. The van der Waals surface area contributed by atoms with E-state index < -0.39 is 0 Å². The van der Waals surface area contributed by atoms with Gasteiger partial charge in [-0.15, -0.1) is 0 Å². The summed E-state index contributed by atoms with van der Waals surface area (Å²) in [4.78, 5) is 6.40. The number of guanidine groups is 1. The molecule has 1 heterocycles. The molecule has 1 aromatic rings. The lowest BCUT2D eigenvalue weighted by molar-refractivity contribution is 0.191. The highest BCUT2D eigenvalue weighted by molar-refractivity contribution is 6.30. The molecule has 120 valence electrons. The van der Waals surface area contributed by atoms with Gasteiger partial charge in [-0.25, -0.2) is 4.99 Å². The molecule has 0 bridgehead atoms. The maximum Gasteiger partial charge on any atom is 0.204 e. The molecule has 1 atom stereocenters. The first-order valence-electron chi connectivity index (χ1n) is 7.16. The molecule has 1 aliphatic rings. The zero-order valence-corrected chi connectivity index (χ0v) is 13.6. The van der Waals surface area contributed by atoms with Crippen LogP contribution in [0.5, 0.6) is 0 Å². The maximum atomic E-state index is 5.90. The van der Waals surface area contributed by atoms with Crippen molar-refractivity contribution in [1.82, 2.24) is 10.2 Å². The fourth-order valence-corrected chi connectivity index (χ4v) is 2.25. The van der Waals surface area contributed by atoms with E-state index >= 15 is 0 Å². The molecular formula is C15H22ClN5O. The van der Waals surface area contributed by atoms with E-state index in [1.165, 1.54) is 0 Å². The van der Waals surface area contributed by atoms with Crippen molar-refractivity contribution >= 4 is 23.2 Å². The molecule has 4 N–H and O–H groups in total. The Hall–Kier alpha value is -1.76. The molecule has 6 nitrogen and oxygen atoms in total. The van der Waals surface area contributed by atoms with Crippen LogP contribution in [0.4, 0.5) is 5.69 Å². The fraction of sp³-hybridized carbons (Fsp3) is 0.400. The lowest BCUT2D eigenvalue weighted by Crippen LogP contribution is -2.52. The highest BCUT2D eigenvalue weighted by atomic mass is 35.5. The van der Waals surface area contributed by atoms with Crippen LogP contribution in [0.3, 0.4) is 0 Å². The van der Waals surface area contributed by atoms with Crippen LogP contribution >= 0.6 is 11.6 Å². The number of nitrogens with zero attached hydrogens (tertiary/aromatic N) is 2. The van der Waals surface area contributed by atoms with Gasteiger partial charge >= 0.3 is 0 Å². The summed E-state index contributed by atoms with van der Waals surface area (Å²) >= 11 is 5.90. The average Bonchev–Trinajstić information content (AvgIpc) is 2.53. The molecule has 2 rings (SSSR count). The number of methoxy groups -OCH3 is 1. The summed E-state index contributed by atoms with van der Waals surface area (Å²) in [5, 5.41) is 7.39. The van der Waals surface area contributed by atoms with E-state index in [-0.39, 0.29) is 6.17 Å². The molecule has 0 aliphatic carbocycles. The fourth-order valence-electron chi connectivity index (χ4n) is 2.13. The Labute approximate surface area is 136 Å². The van der Waals surface area contributed by atoms with Crippen LogP contribution in [0.25, 0.3) is 0 Å². The molecule has 0 radical (unpaired) electrons. The summed E-state index contributed by atoms with van der Waals surface area (Å²) in [6.45, 7) is 1.46. The summed E-state index contributed by atoms with van der Waals surface area (Å²) in [6.07, 6.45) is 2.54. The van der Waals surface area contributed by atoms with E-state index in [1.54, 1.807) is 13.3 Å². The number of nitrogens with two attached hydrogens (primary N) is 1. The number of nitrogens with one attached hydrogen (secondary N) is 2. The molecule has 7 heteroatoms. The van der Waals surface area contributed by atoms with Crippen molar-refractivity contribution in [1.29, 1.82) is 0 Å². The van der Waals surface area contributed by atoms with Crippen molar-refractivity contribution in [3.8, 4) is 0 Å². The molecule has 1 aliphatic heterocycles. The van der Waals surface area contributed by atoms with Gasteiger partial charge in [0.25, 0.3) is 0 Å². The van der Waals surface area contributed by atoms with Crippen LogP contribution in [0, 0.1) is 0 Å². The third-order valence-electron chi connectivity index (χ3n) is 3.36. The second-order valence-corrected chi connectivity index (χ2v) is 5.37. The second kappa shape index (κ2) is 8.03. The van der Waals surface area contributed by atoms with Gasteiger partial charge in [0.2, 0.25) is 5.96 Å². The molecule has 1 unspecified atom stereocenters. The second-order valence-electron chi connectivity index (χ2n) is 4.93. The van der Waals surface area contributed by atoms with Gasteiger partial charge < -0.3 is 20.7 Å². The Kier molecular flexibility index (Phi) is 6.06. The van der Waals surface area contributed by atoms with Gasteiger partial charge in [-0.2, -0.15) is 0 Å². The summed E-state index contributed by atoms with van der Waals surface area (Å²) in [6, 6.07) is 7.48. The normalized spacial score (nSPS) is 17.8. The molecule has 0 spiro atoms. The van der Waals surface area contributed by atoms with E-state index in [1.807, 2.05) is 36.2 Å². The maximum absolute atomic E-state index is 5.90. The van der Waals surface area contributed by atoms with E-state index in [4.69, 9.17) is 22.1 Å². The number of benzene rings is 1. The Bertz CT molecular complexity index is 543. The smallest absolute Gasteiger partial charge is 0.204 e. The number of halogens is 1. The highest BCUT2D eigenvalue weighted by Gasteiger charge is 2.26. The minimum absolute atomic E-state index is 0.0798. The number of aliphatic imine (C=N–C) groups is 1. The lowest BCUT2D eigenvalue weighted by atomic mass is 10.3. The van der Waals surface area contributed by atoms with E-state index in [2.05, 4.69) is 15.6 Å². The van der Waals surface area contributed by atoms with E-state index in [0.29, 0.717) is 11.6 Å². The number of rotatable bonds is 6. The third-order valence-corrected chi connectivity index (χ3v) is 3.61. The van der Waals surface area contributed by atoms with Crippen molar-refractivity contribution < 1.29 is 4.74 Å². The monoisotopic (exact) mass is 323 g/mol. The number of likely N-dealkylation sites (N-methyl/N-ethyl adjacent to an activating group) is 1. The zero-order valence-electron chi connectivity index (χ0n) is 12.8. The topological polar surface area (TPSA) is 74.9 Å². The third kappa shape index (κ3) is 4.13. The van der Waals surface area contributed by atoms with Crippen LogP contribution in [0.2, 0.25) is 5.02 Å². The van der Waals surface area contributed by atoms with Crippen molar-refractivity contribution in [2.75, 3.05) is 32.6 Å². The lowest BCUT2D eigenvalue weighted by Gasteiger charge is -2.34. The molecule has 0 amide bonds. The van der Waals surface area contributed by atoms with Crippen LogP contribution in [0.15, 0.2) is 41.2 Å². The Balaban J connectivity index is 2.09. The SMILES string of the molecule is COC1=CN=C(Nc2ccc(Cl)cc2)N(C)C1NCCCN. The molecule has 0 saturated heterocycles. The minimum Gasteiger partial charge on any atom is -0.496 e. The van der Waals surface area contributed by atoms with Gasteiger partial charge in [-0.3, -0.25) is 5.32 Å². The summed E-state index contributed by atoms with van der Waals surface area (Å²) in [7, 11) is 3.60. The first-order valence-corrected chi connectivity index (χ1v) is 7.54. The van der Waals surface area contributed by atoms with Gasteiger partial charge in [0.15, 0.2) is 5.76 Å². The van der Waals surface area contributed by atoms with Crippen molar-refractivity contribution in [2.24, 2.45) is 10.7 Å². The summed E-state index contributed by atoms with van der Waals surface area (Å²) < 4.78 is 5.39. The zero-order chi connectivity index (χ0) is 15.9. The molecular weight excluding hydrogens is 302 g/mol. The van der Waals surface area contributed by atoms with Gasteiger partial charge in [0.1, 0.15) is 6.17 Å². The van der Waals surface area contributed by atoms with Gasteiger partial charge in [0.05, 0.1) is 13.3 Å². The standard InChI is InChI=1S/C15H22ClN5O/c1-21-14(18-9-3-8-17)13(22-2)10-19-15(21)20-12-6-4-11(16)5-7-12/h4-7,10,14,18H,3,8-9,17H2,1-2H3,(H,19,20). The quantitative estimate of drug-likeness (QED) is 0.696.